The van der Waals surface area contributed by atoms with Crippen molar-refractivity contribution in [3.63, 3.8) is 0 Å². The van der Waals surface area contributed by atoms with Crippen LogP contribution in [0.3, 0.4) is 0 Å². The van der Waals surface area contributed by atoms with Crippen molar-refractivity contribution in [1.82, 2.24) is 14.4 Å². The second kappa shape index (κ2) is 6.95. The van der Waals surface area contributed by atoms with Crippen molar-refractivity contribution in [2.45, 2.75) is 51.2 Å². The number of aliphatic hydroxyl groups excluding tert-OH is 1. The molecular weight excluding hydrogens is 388 g/mol. The lowest BCUT2D eigenvalue weighted by Gasteiger charge is -2.27. The van der Waals surface area contributed by atoms with Crippen molar-refractivity contribution < 1.29 is 5.11 Å². The van der Waals surface area contributed by atoms with E-state index < -0.39 is 6.23 Å². The van der Waals surface area contributed by atoms with E-state index in [0.717, 1.165) is 59.5 Å². The van der Waals surface area contributed by atoms with Gasteiger partial charge in [0.15, 0.2) is 6.23 Å². The van der Waals surface area contributed by atoms with Gasteiger partial charge in [0.2, 0.25) is 0 Å². The van der Waals surface area contributed by atoms with E-state index in [1.165, 1.54) is 18.4 Å². The van der Waals surface area contributed by atoms with Gasteiger partial charge in [-0.3, -0.25) is 9.20 Å². The number of aryl methyl sites for hydroxylation is 1. The van der Waals surface area contributed by atoms with E-state index in [1.54, 1.807) is 6.20 Å². The topological polar surface area (TPSA) is 73.6 Å². The number of fused-ring (bicyclic) bond motifs is 4. The van der Waals surface area contributed by atoms with Gasteiger partial charge in [-0.2, -0.15) is 0 Å². The Morgan fingerprint density at radius 3 is 2.81 bits per heavy atom. The summed E-state index contributed by atoms with van der Waals surface area (Å²) in [6, 6.07) is 12.3. The Kier molecular flexibility index (Phi) is 4.18. The summed E-state index contributed by atoms with van der Waals surface area (Å²) in [4.78, 5) is 22.5. The van der Waals surface area contributed by atoms with Crippen LogP contribution >= 0.6 is 0 Å². The Labute approximate surface area is 180 Å². The molecule has 1 aliphatic heterocycles. The normalized spacial score (nSPS) is 17.7. The average Bonchev–Trinajstić information content (AvgIpc) is 3.52. The van der Waals surface area contributed by atoms with E-state index in [0.29, 0.717) is 11.4 Å². The molecule has 0 bridgehead atoms. The molecule has 6 nitrogen and oxygen atoms in total. The third-order valence-electron chi connectivity index (χ3n) is 7.11. The van der Waals surface area contributed by atoms with Gasteiger partial charge in [-0.1, -0.05) is 31.0 Å². The first kappa shape index (κ1) is 18.6. The van der Waals surface area contributed by atoms with Crippen molar-refractivity contribution in [3.8, 4) is 0 Å². The summed E-state index contributed by atoms with van der Waals surface area (Å²) >= 11 is 0. The van der Waals surface area contributed by atoms with Gasteiger partial charge in [0.1, 0.15) is 11.3 Å². The lowest BCUT2D eigenvalue weighted by molar-refractivity contribution is 0.173. The predicted molar refractivity (Wildman–Crippen MR) is 122 cm³/mol. The number of benzene rings is 2. The van der Waals surface area contributed by atoms with Gasteiger partial charge in [0, 0.05) is 23.7 Å². The van der Waals surface area contributed by atoms with E-state index >= 15 is 0 Å². The molecule has 2 aromatic heterocycles. The molecule has 3 heterocycles. The zero-order valence-corrected chi connectivity index (χ0v) is 17.6. The van der Waals surface area contributed by atoms with Crippen molar-refractivity contribution >= 4 is 22.2 Å². The van der Waals surface area contributed by atoms with Gasteiger partial charge in [-0.05, 0) is 55.5 Å². The van der Waals surface area contributed by atoms with Gasteiger partial charge < -0.3 is 15.0 Å². The van der Waals surface area contributed by atoms with E-state index in [-0.39, 0.29) is 5.56 Å². The van der Waals surface area contributed by atoms with Crippen LogP contribution in [0.25, 0.3) is 16.6 Å². The lowest BCUT2D eigenvalue weighted by atomic mass is 10.0. The van der Waals surface area contributed by atoms with Gasteiger partial charge in [-0.25, -0.2) is 4.98 Å². The number of nitrogens with one attached hydrogen (secondary N) is 1. The molecule has 0 spiro atoms. The Bertz CT molecular complexity index is 1360. The molecule has 2 aromatic carbocycles. The maximum absolute atomic E-state index is 12.8. The number of nitrogens with zero attached hydrogens (tertiary/aromatic N) is 3. The zero-order valence-electron chi connectivity index (χ0n) is 17.6. The molecule has 4 aromatic rings. The molecule has 0 saturated heterocycles. The van der Waals surface area contributed by atoms with Gasteiger partial charge >= 0.3 is 0 Å². The van der Waals surface area contributed by atoms with Crippen LogP contribution in [0.2, 0.25) is 0 Å². The van der Waals surface area contributed by atoms with Crippen LogP contribution in [0.4, 0.5) is 5.69 Å². The lowest BCUT2D eigenvalue weighted by Crippen LogP contribution is -2.27. The second-order valence-corrected chi connectivity index (χ2v) is 8.94. The summed E-state index contributed by atoms with van der Waals surface area (Å²) < 4.78 is 2.04. The van der Waals surface area contributed by atoms with Crippen molar-refractivity contribution in [3.05, 3.63) is 75.5 Å². The minimum atomic E-state index is -0.760. The predicted octanol–water partition coefficient (Wildman–Crippen LogP) is 4.20. The molecule has 158 valence electrons. The number of imidazole rings is 1. The highest BCUT2D eigenvalue weighted by atomic mass is 16.3. The highest BCUT2D eigenvalue weighted by Crippen LogP contribution is 2.37. The highest BCUT2D eigenvalue weighted by Gasteiger charge is 2.28. The maximum Gasteiger partial charge on any atom is 0.274 e. The number of aromatic nitrogens is 3. The molecular formula is C25H26N4O2. The minimum Gasteiger partial charge on any atom is -0.369 e. The van der Waals surface area contributed by atoms with Crippen LogP contribution in [-0.2, 0) is 6.42 Å². The molecule has 1 unspecified atom stereocenters. The first-order valence-corrected chi connectivity index (χ1v) is 11.2. The molecule has 0 radical (unpaired) electrons. The standard InChI is InChI=1S/C25H26N4O2/c1-15-12-21-19(13-18(15)25(31)28-11-10-16-6-4-5-9-20(16)28)27-24(30)22-14-26-23(29(21)22)17-7-2-3-8-17/h4-6,9,12-14,17,25,31H,2-3,7-8,10-11H2,1H3,(H,27,30). The number of aromatic amines is 1. The molecule has 0 amide bonds. The van der Waals surface area contributed by atoms with Crippen molar-refractivity contribution in [1.29, 1.82) is 0 Å². The number of H-pyrrole nitrogens is 1. The Morgan fingerprint density at radius 2 is 1.97 bits per heavy atom. The molecule has 6 rings (SSSR count). The van der Waals surface area contributed by atoms with E-state index in [9.17, 15) is 9.90 Å². The first-order chi connectivity index (χ1) is 15.1. The summed E-state index contributed by atoms with van der Waals surface area (Å²) in [5, 5.41) is 11.3. The third kappa shape index (κ3) is 2.82. The third-order valence-corrected chi connectivity index (χ3v) is 7.11. The molecule has 6 heteroatoms. The van der Waals surface area contributed by atoms with Crippen molar-refractivity contribution in [2.75, 3.05) is 11.4 Å². The molecule has 31 heavy (non-hydrogen) atoms. The van der Waals surface area contributed by atoms with E-state index in [4.69, 9.17) is 0 Å². The highest BCUT2D eigenvalue weighted by molar-refractivity contribution is 5.80. The van der Waals surface area contributed by atoms with E-state index in [2.05, 4.69) is 28.2 Å². The van der Waals surface area contributed by atoms with Gasteiger partial charge in [0.25, 0.3) is 5.56 Å². The van der Waals surface area contributed by atoms with Crippen LogP contribution in [0.15, 0.2) is 47.4 Å². The fourth-order valence-electron chi connectivity index (χ4n) is 5.50. The fraction of sp³-hybridized carbons (Fsp3) is 0.360. The monoisotopic (exact) mass is 414 g/mol. The van der Waals surface area contributed by atoms with Crippen LogP contribution < -0.4 is 10.5 Å². The average molecular weight is 415 g/mol. The number of rotatable bonds is 3. The largest absolute Gasteiger partial charge is 0.369 e. The van der Waals surface area contributed by atoms with Crippen LogP contribution in [0.1, 0.15) is 60.3 Å². The van der Waals surface area contributed by atoms with Gasteiger partial charge in [-0.15, -0.1) is 0 Å². The van der Waals surface area contributed by atoms with Crippen molar-refractivity contribution in [2.24, 2.45) is 0 Å². The molecule has 1 fully saturated rings. The molecule has 1 atom stereocenters. The van der Waals surface area contributed by atoms with Crippen LogP contribution in [-0.4, -0.2) is 26.0 Å². The molecule has 2 N–H and O–H groups in total. The number of hydrogen-bond acceptors (Lipinski definition) is 4. The number of anilines is 1. The second-order valence-electron chi connectivity index (χ2n) is 8.94. The smallest absolute Gasteiger partial charge is 0.274 e. The molecule has 2 aliphatic rings. The minimum absolute atomic E-state index is 0.139. The summed E-state index contributed by atoms with van der Waals surface area (Å²) in [5.41, 5.74) is 6.30. The molecule has 1 saturated carbocycles. The fourth-order valence-corrected chi connectivity index (χ4v) is 5.50. The zero-order chi connectivity index (χ0) is 21.1. The van der Waals surface area contributed by atoms with E-state index in [1.807, 2.05) is 34.4 Å². The Morgan fingerprint density at radius 1 is 1.16 bits per heavy atom. The summed E-state index contributed by atoms with van der Waals surface area (Å²) in [6.07, 6.45) is 6.54. The number of para-hydroxylation sites is 1. The number of aliphatic hydroxyl groups is 1. The Hall–Kier alpha value is -3.12. The first-order valence-electron chi connectivity index (χ1n) is 11.2. The van der Waals surface area contributed by atoms with Crippen LogP contribution in [0, 0.1) is 6.92 Å². The quantitative estimate of drug-likeness (QED) is 0.527. The summed E-state index contributed by atoms with van der Waals surface area (Å²) in [5.74, 6) is 1.39. The Balaban J connectivity index is 1.50. The maximum atomic E-state index is 12.8. The van der Waals surface area contributed by atoms with Crippen LogP contribution in [0.5, 0.6) is 0 Å². The SMILES string of the molecule is Cc1cc2c(cc1C(O)N1CCc3ccccc31)[nH]c(=O)c1cnc(C3CCCC3)n12. The molecule has 1 aliphatic carbocycles. The summed E-state index contributed by atoms with van der Waals surface area (Å²) in [7, 11) is 0. The summed E-state index contributed by atoms with van der Waals surface area (Å²) in [6.45, 7) is 2.81. The van der Waals surface area contributed by atoms with Gasteiger partial charge in [0.05, 0.1) is 17.2 Å². The number of hydrogen-bond donors (Lipinski definition) is 2.